The minimum absolute atomic E-state index is 0.0114. The van der Waals surface area contributed by atoms with Crippen molar-refractivity contribution in [2.75, 3.05) is 10.6 Å². The minimum Gasteiger partial charge on any atom is -0.351 e. The van der Waals surface area contributed by atoms with Gasteiger partial charge in [-0.05, 0) is 49.4 Å². The van der Waals surface area contributed by atoms with Crippen molar-refractivity contribution in [1.82, 2.24) is 24.6 Å². The Morgan fingerprint density at radius 3 is 2.71 bits per heavy atom. The van der Waals surface area contributed by atoms with E-state index in [2.05, 4.69) is 30.8 Å². The highest BCUT2D eigenvalue weighted by molar-refractivity contribution is 5.64. The fourth-order valence-electron chi connectivity index (χ4n) is 4.71. The zero-order valence-electron chi connectivity index (χ0n) is 19.3. The number of hydrogen-bond donors (Lipinski definition) is 2. The molecule has 1 aromatic carbocycles. The van der Waals surface area contributed by atoms with Crippen molar-refractivity contribution in [3.63, 3.8) is 0 Å². The van der Waals surface area contributed by atoms with Crippen LogP contribution in [0.25, 0.3) is 5.65 Å². The molecule has 1 fully saturated rings. The summed E-state index contributed by atoms with van der Waals surface area (Å²) in [4.78, 5) is 8.26. The van der Waals surface area contributed by atoms with Gasteiger partial charge in [0.1, 0.15) is 17.2 Å². The quantitative estimate of drug-likeness (QED) is 0.353. The highest BCUT2D eigenvalue weighted by Crippen LogP contribution is 2.37. The third-order valence-electron chi connectivity index (χ3n) is 6.46. The fourth-order valence-corrected chi connectivity index (χ4v) is 4.71. The molecule has 4 aromatic rings. The first-order chi connectivity index (χ1) is 16.9. The molecule has 35 heavy (non-hydrogen) atoms. The van der Waals surface area contributed by atoms with Gasteiger partial charge in [0.05, 0.1) is 0 Å². The van der Waals surface area contributed by atoms with E-state index in [1.807, 2.05) is 47.9 Å². The van der Waals surface area contributed by atoms with Crippen LogP contribution in [0.4, 0.5) is 30.6 Å². The number of hydrogen-bond acceptors (Lipinski definition) is 6. The van der Waals surface area contributed by atoms with Gasteiger partial charge in [-0.25, -0.2) is 4.98 Å². The standard InChI is InChI=1S/C25H26F3N7/c1-2-16-8-3-4-11-20(16)31-22-19(25(26,27)28)15-29-24(32-22)30-18-10-7-9-17(14-18)23-34-33-21-12-5-6-13-35(21)23/h3-6,8,11-13,15,17-18H,2,7,9-10,14H2,1H3,(H2,29,30,31,32)/t17-,18+/m0/s1. The second-order valence-electron chi connectivity index (χ2n) is 8.78. The van der Waals surface area contributed by atoms with Gasteiger partial charge in [-0.1, -0.05) is 37.6 Å². The number of halogens is 3. The highest BCUT2D eigenvalue weighted by Gasteiger charge is 2.36. The van der Waals surface area contributed by atoms with Crippen LogP contribution in [0.3, 0.4) is 0 Å². The molecule has 0 aliphatic heterocycles. The molecule has 2 N–H and O–H groups in total. The summed E-state index contributed by atoms with van der Waals surface area (Å²) in [6, 6.07) is 13.1. The van der Waals surface area contributed by atoms with E-state index in [9.17, 15) is 13.2 Å². The topological polar surface area (TPSA) is 80.0 Å². The molecule has 7 nitrogen and oxygen atoms in total. The Morgan fingerprint density at radius 2 is 1.89 bits per heavy atom. The molecule has 0 radical (unpaired) electrons. The molecular formula is C25H26F3N7. The molecule has 1 aliphatic carbocycles. The van der Waals surface area contributed by atoms with Gasteiger partial charge in [0.2, 0.25) is 5.95 Å². The second kappa shape index (κ2) is 9.52. The summed E-state index contributed by atoms with van der Waals surface area (Å²) in [6.45, 7) is 1.95. The Hall–Kier alpha value is -3.69. The van der Waals surface area contributed by atoms with E-state index in [1.165, 1.54) is 0 Å². The zero-order valence-corrected chi connectivity index (χ0v) is 19.3. The van der Waals surface area contributed by atoms with Gasteiger partial charge in [0.25, 0.3) is 0 Å². The van der Waals surface area contributed by atoms with Gasteiger partial charge in [0.15, 0.2) is 5.65 Å². The van der Waals surface area contributed by atoms with Crippen molar-refractivity contribution in [3.8, 4) is 0 Å². The molecule has 5 rings (SSSR count). The molecule has 1 aliphatic rings. The van der Waals surface area contributed by atoms with Crippen molar-refractivity contribution in [3.05, 3.63) is 71.8 Å². The molecular weight excluding hydrogens is 455 g/mol. The van der Waals surface area contributed by atoms with Crippen LogP contribution < -0.4 is 10.6 Å². The number of benzene rings is 1. The van der Waals surface area contributed by atoms with E-state index >= 15 is 0 Å². The summed E-state index contributed by atoms with van der Waals surface area (Å²) in [5.41, 5.74) is 1.41. The number of anilines is 3. The lowest BCUT2D eigenvalue weighted by Gasteiger charge is -2.29. The third-order valence-corrected chi connectivity index (χ3v) is 6.46. The molecule has 0 saturated heterocycles. The Balaban J connectivity index is 1.38. The van der Waals surface area contributed by atoms with E-state index < -0.39 is 11.7 Å². The van der Waals surface area contributed by atoms with Crippen molar-refractivity contribution >= 4 is 23.1 Å². The number of fused-ring (bicyclic) bond motifs is 1. The number of alkyl halides is 3. The van der Waals surface area contributed by atoms with Crippen molar-refractivity contribution in [2.45, 2.75) is 57.2 Å². The molecule has 10 heteroatoms. The van der Waals surface area contributed by atoms with Crippen LogP contribution in [0.5, 0.6) is 0 Å². The van der Waals surface area contributed by atoms with Gasteiger partial charge in [-0.15, -0.1) is 10.2 Å². The van der Waals surface area contributed by atoms with Crippen LogP contribution >= 0.6 is 0 Å². The number of rotatable bonds is 6. The van der Waals surface area contributed by atoms with Gasteiger partial charge in [-0.2, -0.15) is 18.2 Å². The monoisotopic (exact) mass is 481 g/mol. The summed E-state index contributed by atoms with van der Waals surface area (Å²) in [6.07, 6.45) is 2.47. The Morgan fingerprint density at radius 1 is 1.06 bits per heavy atom. The van der Waals surface area contributed by atoms with Crippen molar-refractivity contribution < 1.29 is 13.2 Å². The molecule has 3 heterocycles. The average Bonchev–Trinajstić information content (AvgIpc) is 3.28. The number of nitrogens with one attached hydrogen (secondary N) is 2. The van der Waals surface area contributed by atoms with Crippen LogP contribution in [-0.2, 0) is 12.6 Å². The summed E-state index contributed by atoms with van der Waals surface area (Å²) >= 11 is 0. The Labute approximate surface area is 200 Å². The number of aromatic nitrogens is 5. The molecule has 0 amide bonds. The predicted octanol–water partition coefficient (Wildman–Crippen LogP) is 5.98. The normalized spacial score (nSPS) is 18.5. The smallest absolute Gasteiger partial charge is 0.351 e. The zero-order chi connectivity index (χ0) is 24.4. The molecule has 182 valence electrons. The summed E-state index contributed by atoms with van der Waals surface area (Å²) in [5.74, 6) is 0.999. The van der Waals surface area contributed by atoms with Crippen LogP contribution in [0, 0.1) is 0 Å². The summed E-state index contributed by atoms with van der Waals surface area (Å²) < 4.78 is 43.1. The molecule has 0 spiro atoms. The Bertz CT molecular complexity index is 1320. The van der Waals surface area contributed by atoms with E-state index in [1.54, 1.807) is 12.1 Å². The van der Waals surface area contributed by atoms with Gasteiger partial charge in [-0.3, -0.25) is 4.40 Å². The fraction of sp³-hybridized carbons (Fsp3) is 0.360. The summed E-state index contributed by atoms with van der Waals surface area (Å²) in [5, 5.41) is 14.8. The maximum absolute atomic E-state index is 13.7. The number of aryl methyl sites for hydroxylation is 1. The van der Waals surface area contributed by atoms with Gasteiger partial charge >= 0.3 is 6.18 Å². The number of para-hydroxylation sites is 1. The first-order valence-electron chi connectivity index (χ1n) is 11.8. The second-order valence-corrected chi connectivity index (χ2v) is 8.78. The SMILES string of the molecule is CCc1ccccc1Nc1nc(N[C@@H]2CCC[C@H](c3nnc4ccccn34)C2)ncc1C(F)(F)F. The molecule has 1 saturated carbocycles. The molecule has 0 bridgehead atoms. The van der Waals surface area contributed by atoms with Crippen LogP contribution in [0.2, 0.25) is 0 Å². The van der Waals surface area contributed by atoms with Crippen LogP contribution in [0.1, 0.15) is 55.5 Å². The Kier molecular flexibility index (Phi) is 6.27. The number of nitrogens with zero attached hydrogens (tertiary/aromatic N) is 5. The van der Waals surface area contributed by atoms with Crippen molar-refractivity contribution in [2.24, 2.45) is 0 Å². The van der Waals surface area contributed by atoms with E-state index in [-0.39, 0.29) is 23.7 Å². The lowest BCUT2D eigenvalue weighted by atomic mass is 9.85. The van der Waals surface area contributed by atoms with Crippen LogP contribution in [0.15, 0.2) is 54.9 Å². The minimum atomic E-state index is -4.58. The third kappa shape index (κ3) is 4.91. The van der Waals surface area contributed by atoms with Crippen molar-refractivity contribution in [1.29, 1.82) is 0 Å². The highest BCUT2D eigenvalue weighted by atomic mass is 19.4. The lowest BCUT2D eigenvalue weighted by Crippen LogP contribution is -2.28. The van der Waals surface area contributed by atoms with E-state index in [0.29, 0.717) is 12.1 Å². The molecule has 3 aromatic heterocycles. The first-order valence-corrected chi connectivity index (χ1v) is 11.8. The van der Waals surface area contributed by atoms with E-state index in [4.69, 9.17) is 0 Å². The lowest BCUT2D eigenvalue weighted by molar-refractivity contribution is -0.137. The van der Waals surface area contributed by atoms with E-state index in [0.717, 1.165) is 48.9 Å². The van der Waals surface area contributed by atoms with Gasteiger partial charge in [0, 0.05) is 30.0 Å². The molecule has 2 atom stereocenters. The first kappa shape index (κ1) is 23.1. The maximum atomic E-state index is 13.7. The summed E-state index contributed by atoms with van der Waals surface area (Å²) in [7, 11) is 0. The number of pyridine rings is 1. The average molecular weight is 482 g/mol. The largest absolute Gasteiger partial charge is 0.421 e. The van der Waals surface area contributed by atoms with Crippen LogP contribution in [-0.4, -0.2) is 30.6 Å². The maximum Gasteiger partial charge on any atom is 0.421 e. The predicted molar refractivity (Wildman–Crippen MR) is 128 cm³/mol. The molecule has 0 unspecified atom stereocenters. The van der Waals surface area contributed by atoms with Gasteiger partial charge < -0.3 is 10.6 Å².